The number of H-pyrrole nitrogens is 1. The lowest BCUT2D eigenvalue weighted by Gasteiger charge is -2.36. The standard InChI is InChI=1S/C21H25ClN4O2/c1-13(20(27)25-19-7-6-17(22)11-23-19)26-8-2-3-15(12-26)16-9-18(14-4-5-14)21(28)24-10-16/h6-7,9-11,13-15H,2-5,8,12H2,1H3,(H,24,28)(H,23,25,27)/t13-,15+/m0/s1. The number of nitrogens with one attached hydrogen (secondary N) is 2. The number of halogens is 1. The number of nitrogens with zero attached hydrogens (tertiary/aromatic N) is 2. The molecule has 0 radical (unpaired) electrons. The van der Waals surface area contributed by atoms with Crippen molar-refractivity contribution < 1.29 is 4.79 Å². The third-order valence-corrected chi connectivity index (χ3v) is 6.03. The van der Waals surface area contributed by atoms with Crippen molar-refractivity contribution in [1.82, 2.24) is 14.9 Å². The molecule has 1 amide bonds. The molecule has 1 saturated carbocycles. The largest absolute Gasteiger partial charge is 0.329 e. The SMILES string of the molecule is C[C@@H](C(=O)Nc1ccc(Cl)cn1)N1CCC[C@@H](c2c[nH]c(=O)c(C3CC3)c2)C1. The van der Waals surface area contributed by atoms with E-state index in [0.29, 0.717) is 22.7 Å². The van der Waals surface area contributed by atoms with Crippen LogP contribution in [0, 0.1) is 0 Å². The number of hydrogen-bond donors (Lipinski definition) is 2. The van der Waals surface area contributed by atoms with E-state index in [4.69, 9.17) is 11.6 Å². The fourth-order valence-corrected chi connectivity index (χ4v) is 4.04. The fourth-order valence-electron chi connectivity index (χ4n) is 3.93. The summed E-state index contributed by atoms with van der Waals surface area (Å²) in [4.78, 5) is 34.0. The van der Waals surface area contributed by atoms with E-state index in [1.807, 2.05) is 13.1 Å². The van der Waals surface area contributed by atoms with E-state index >= 15 is 0 Å². The van der Waals surface area contributed by atoms with Gasteiger partial charge in [-0.1, -0.05) is 11.6 Å². The van der Waals surface area contributed by atoms with Gasteiger partial charge in [-0.25, -0.2) is 4.98 Å². The van der Waals surface area contributed by atoms with Gasteiger partial charge in [0.15, 0.2) is 0 Å². The Morgan fingerprint density at radius 2 is 2.14 bits per heavy atom. The van der Waals surface area contributed by atoms with Gasteiger partial charge in [0.1, 0.15) is 5.82 Å². The number of amides is 1. The van der Waals surface area contributed by atoms with Crippen molar-refractivity contribution >= 4 is 23.3 Å². The second-order valence-electron chi connectivity index (χ2n) is 7.85. The van der Waals surface area contributed by atoms with E-state index in [1.165, 1.54) is 11.8 Å². The zero-order valence-electron chi connectivity index (χ0n) is 16.0. The first-order chi connectivity index (χ1) is 13.5. The Kier molecular flexibility index (Phi) is 5.51. The Morgan fingerprint density at radius 1 is 1.32 bits per heavy atom. The van der Waals surface area contributed by atoms with Crippen LogP contribution in [0.2, 0.25) is 5.02 Å². The normalized spacial score (nSPS) is 21.3. The highest BCUT2D eigenvalue weighted by Gasteiger charge is 2.30. The van der Waals surface area contributed by atoms with Gasteiger partial charge in [0.25, 0.3) is 5.56 Å². The third-order valence-electron chi connectivity index (χ3n) is 5.80. The molecule has 1 saturated heterocycles. The van der Waals surface area contributed by atoms with Crippen LogP contribution in [-0.4, -0.2) is 39.9 Å². The highest BCUT2D eigenvalue weighted by molar-refractivity contribution is 6.30. The number of aromatic amines is 1. The number of piperidine rings is 1. The fraction of sp³-hybridized carbons (Fsp3) is 0.476. The molecule has 148 valence electrons. The van der Waals surface area contributed by atoms with E-state index in [2.05, 4.69) is 26.3 Å². The number of carbonyl (C=O) groups is 1. The van der Waals surface area contributed by atoms with Crippen molar-refractivity contribution in [3.8, 4) is 0 Å². The molecule has 1 aliphatic heterocycles. The van der Waals surface area contributed by atoms with Gasteiger partial charge >= 0.3 is 0 Å². The molecule has 4 rings (SSSR count). The first-order valence-electron chi connectivity index (χ1n) is 9.90. The van der Waals surface area contributed by atoms with Crippen LogP contribution in [0.4, 0.5) is 5.82 Å². The zero-order valence-corrected chi connectivity index (χ0v) is 16.7. The van der Waals surface area contributed by atoms with Crippen molar-refractivity contribution in [2.24, 2.45) is 0 Å². The highest BCUT2D eigenvalue weighted by atomic mass is 35.5. The quantitative estimate of drug-likeness (QED) is 0.805. The predicted octanol–water partition coefficient (Wildman–Crippen LogP) is 3.51. The lowest BCUT2D eigenvalue weighted by Crippen LogP contribution is -2.46. The maximum absolute atomic E-state index is 12.7. The second kappa shape index (κ2) is 8.05. The minimum absolute atomic E-state index is 0.0436. The van der Waals surface area contributed by atoms with Gasteiger partial charge < -0.3 is 10.3 Å². The van der Waals surface area contributed by atoms with Crippen LogP contribution in [0.25, 0.3) is 0 Å². The summed E-state index contributed by atoms with van der Waals surface area (Å²) >= 11 is 5.85. The number of rotatable bonds is 5. The Balaban J connectivity index is 1.43. The molecule has 0 spiro atoms. The van der Waals surface area contributed by atoms with Crippen LogP contribution < -0.4 is 10.9 Å². The summed E-state index contributed by atoms with van der Waals surface area (Å²) < 4.78 is 0. The molecule has 2 aromatic heterocycles. The van der Waals surface area contributed by atoms with Crippen LogP contribution in [0.5, 0.6) is 0 Å². The lowest BCUT2D eigenvalue weighted by atomic mass is 9.90. The van der Waals surface area contributed by atoms with Crippen LogP contribution in [0.15, 0.2) is 35.4 Å². The minimum atomic E-state index is -0.258. The second-order valence-corrected chi connectivity index (χ2v) is 8.29. The molecule has 7 heteroatoms. The van der Waals surface area contributed by atoms with E-state index in [9.17, 15) is 9.59 Å². The molecule has 2 aromatic rings. The summed E-state index contributed by atoms with van der Waals surface area (Å²) in [6.45, 7) is 3.62. The molecular weight excluding hydrogens is 376 g/mol. The molecule has 6 nitrogen and oxygen atoms in total. The lowest BCUT2D eigenvalue weighted by molar-refractivity contribution is -0.121. The Hall–Kier alpha value is -2.18. The van der Waals surface area contributed by atoms with Gasteiger partial charge in [-0.15, -0.1) is 0 Å². The number of hydrogen-bond acceptors (Lipinski definition) is 4. The van der Waals surface area contributed by atoms with Crippen molar-refractivity contribution in [1.29, 1.82) is 0 Å². The summed E-state index contributed by atoms with van der Waals surface area (Å²) in [5.74, 6) is 1.19. The van der Waals surface area contributed by atoms with Crippen molar-refractivity contribution in [2.45, 2.75) is 50.5 Å². The van der Waals surface area contributed by atoms with Crippen molar-refractivity contribution in [3.63, 3.8) is 0 Å². The van der Waals surface area contributed by atoms with Gasteiger partial charge in [0.2, 0.25) is 5.91 Å². The van der Waals surface area contributed by atoms with E-state index < -0.39 is 0 Å². The average Bonchev–Trinajstić information content (AvgIpc) is 3.55. The zero-order chi connectivity index (χ0) is 19.7. The van der Waals surface area contributed by atoms with Crippen LogP contribution >= 0.6 is 11.6 Å². The van der Waals surface area contributed by atoms with Gasteiger partial charge in [0, 0.05) is 24.5 Å². The third kappa shape index (κ3) is 4.28. The number of aromatic nitrogens is 2. The molecule has 0 aromatic carbocycles. The van der Waals surface area contributed by atoms with Gasteiger partial charge in [-0.2, -0.15) is 0 Å². The topological polar surface area (TPSA) is 78.1 Å². The van der Waals surface area contributed by atoms with Gasteiger partial charge in [0.05, 0.1) is 11.1 Å². The van der Waals surface area contributed by atoms with E-state index in [-0.39, 0.29) is 17.5 Å². The van der Waals surface area contributed by atoms with E-state index in [1.54, 1.807) is 12.1 Å². The maximum atomic E-state index is 12.7. The van der Waals surface area contributed by atoms with Crippen molar-refractivity contribution in [3.05, 3.63) is 57.1 Å². The maximum Gasteiger partial charge on any atom is 0.251 e. The highest BCUT2D eigenvalue weighted by Crippen LogP contribution is 2.39. The first-order valence-corrected chi connectivity index (χ1v) is 10.3. The van der Waals surface area contributed by atoms with Crippen molar-refractivity contribution in [2.75, 3.05) is 18.4 Å². The Labute approximate surface area is 169 Å². The summed E-state index contributed by atoms with van der Waals surface area (Å²) in [5, 5.41) is 3.40. The van der Waals surface area contributed by atoms with Gasteiger partial charge in [-0.3, -0.25) is 14.5 Å². The average molecular weight is 401 g/mol. The van der Waals surface area contributed by atoms with Crippen LogP contribution in [0.1, 0.15) is 55.6 Å². The summed E-state index contributed by atoms with van der Waals surface area (Å²) in [7, 11) is 0. The number of carbonyl (C=O) groups excluding carboxylic acids is 1. The molecule has 3 heterocycles. The smallest absolute Gasteiger partial charge is 0.251 e. The molecule has 2 atom stereocenters. The van der Waals surface area contributed by atoms with E-state index in [0.717, 1.165) is 44.3 Å². The van der Waals surface area contributed by atoms with Crippen LogP contribution in [-0.2, 0) is 4.79 Å². The molecule has 1 aliphatic carbocycles. The molecule has 0 unspecified atom stereocenters. The minimum Gasteiger partial charge on any atom is -0.329 e. The first kappa shape index (κ1) is 19.2. The molecule has 2 N–H and O–H groups in total. The predicted molar refractivity (Wildman–Crippen MR) is 110 cm³/mol. The number of pyridine rings is 2. The number of anilines is 1. The Bertz CT molecular complexity index is 907. The summed E-state index contributed by atoms with van der Waals surface area (Å²) in [6, 6.07) is 5.24. The molecule has 2 aliphatic rings. The molecule has 28 heavy (non-hydrogen) atoms. The summed E-state index contributed by atoms with van der Waals surface area (Å²) in [5.41, 5.74) is 2.15. The summed E-state index contributed by atoms with van der Waals surface area (Å²) in [6.07, 6.45) is 7.69. The van der Waals surface area contributed by atoms with Crippen LogP contribution in [0.3, 0.4) is 0 Å². The van der Waals surface area contributed by atoms with Gasteiger partial charge in [-0.05, 0) is 74.8 Å². The number of likely N-dealkylation sites (tertiary alicyclic amines) is 1. The molecule has 2 fully saturated rings. The molecule has 0 bridgehead atoms. The molecular formula is C21H25ClN4O2. The Morgan fingerprint density at radius 3 is 2.86 bits per heavy atom. The monoisotopic (exact) mass is 400 g/mol.